The van der Waals surface area contributed by atoms with Gasteiger partial charge in [-0.15, -0.1) is 0 Å². The van der Waals surface area contributed by atoms with Crippen molar-refractivity contribution < 1.29 is 14.6 Å². The molecule has 34 heavy (non-hydrogen) atoms. The predicted molar refractivity (Wildman–Crippen MR) is 135 cm³/mol. The topological polar surface area (TPSA) is 100 Å². The van der Waals surface area contributed by atoms with Crippen molar-refractivity contribution in [1.29, 1.82) is 0 Å². The minimum atomic E-state index is -3.71. The lowest BCUT2D eigenvalue weighted by Gasteiger charge is -2.37. The zero-order chi connectivity index (χ0) is 23.7. The molecule has 2 aromatic carbocycles. The second-order valence-electron chi connectivity index (χ2n) is 8.12. The van der Waals surface area contributed by atoms with Gasteiger partial charge in [0.15, 0.2) is 0 Å². The van der Waals surface area contributed by atoms with E-state index >= 15 is 0 Å². The Bertz CT molecular complexity index is 1400. The van der Waals surface area contributed by atoms with Gasteiger partial charge >= 0.3 is 0 Å². The summed E-state index contributed by atoms with van der Waals surface area (Å²) in [6.45, 7) is 4.53. The Labute approximate surface area is 203 Å². The molecule has 9 nitrogen and oxygen atoms in total. The van der Waals surface area contributed by atoms with Crippen molar-refractivity contribution in [3.8, 4) is 0 Å². The van der Waals surface area contributed by atoms with Crippen LogP contribution < -0.4 is 9.62 Å². The normalized spacial score (nSPS) is 15.4. The van der Waals surface area contributed by atoms with Crippen LogP contribution in [0.25, 0.3) is 10.9 Å². The fourth-order valence-electron chi connectivity index (χ4n) is 4.24. The van der Waals surface area contributed by atoms with Crippen LogP contribution in [0.5, 0.6) is 0 Å². The van der Waals surface area contributed by atoms with Gasteiger partial charge in [-0.2, -0.15) is 4.37 Å². The van der Waals surface area contributed by atoms with Gasteiger partial charge in [-0.1, -0.05) is 18.2 Å². The molecule has 1 aliphatic heterocycles. The largest absolute Gasteiger partial charge is 0.368 e. The summed E-state index contributed by atoms with van der Waals surface area (Å²) in [6.07, 6.45) is 3.27. The third-order valence-electron chi connectivity index (χ3n) is 6.09. The molecule has 178 valence electrons. The van der Waals surface area contributed by atoms with Crippen LogP contribution in [0.15, 0.2) is 72.0 Å². The van der Waals surface area contributed by atoms with E-state index < -0.39 is 10.0 Å². The molecule has 1 N–H and O–H groups in total. The number of sulfonamides is 1. The molecule has 1 aliphatic rings. The SMILES string of the molecule is C[C@H](C(=O)N1CCN(c2ccc(S(=O)(=O)Nc3ncns3)cc2)CC1)n1ccc2ccccc21.[HH]. The van der Waals surface area contributed by atoms with Crippen LogP contribution in [0, 0.1) is 0 Å². The van der Waals surface area contributed by atoms with Crippen LogP contribution in [0.1, 0.15) is 14.4 Å². The summed E-state index contributed by atoms with van der Waals surface area (Å²) in [7, 11) is -3.71. The number of hydrogen-bond donors (Lipinski definition) is 1. The third kappa shape index (κ3) is 4.36. The molecule has 1 amide bonds. The van der Waals surface area contributed by atoms with Crippen LogP contribution in [0.3, 0.4) is 0 Å². The molecule has 3 heterocycles. The first-order chi connectivity index (χ1) is 16.4. The van der Waals surface area contributed by atoms with E-state index in [1.54, 1.807) is 24.3 Å². The molecule has 0 saturated carbocycles. The Kier molecular flexibility index (Phi) is 5.96. The van der Waals surface area contributed by atoms with E-state index in [0.717, 1.165) is 28.1 Å². The number of anilines is 2. The van der Waals surface area contributed by atoms with Gasteiger partial charge in [-0.05, 0) is 48.7 Å². The third-order valence-corrected chi connectivity index (χ3v) is 8.15. The van der Waals surface area contributed by atoms with Gasteiger partial charge in [-0.3, -0.25) is 9.52 Å². The molecule has 5 rings (SSSR count). The monoisotopic (exact) mass is 498 g/mol. The molecule has 1 saturated heterocycles. The predicted octanol–water partition coefficient (Wildman–Crippen LogP) is 3.45. The Morgan fingerprint density at radius 2 is 1.79 bits per heavy atom. The number of piperazine rings is 1. The van der Waals surface area contributed by atoms with Crippen molar-refractivity contribution in [2.75, 3.05) is 35.8 Å². The Balaban J connectivity index is 0.00000289. The summed E-state index contributed by atoms with van der Waals surface area (Å²) >= 11 is 0.981. The van der Waals surface area contributed by atoms with Crippen molar-refractivity contribution >= 4 is 49.2 Å². The fourth-order valence-corrected chi connectivity index (χ4v) is 5.90. The quantitative estimate of drug-likeness (QED) is 0.437. The second kappa shape index (κ2) is 9.07. The number of carbonyl (C=O) groups is 1. The van der Waals surface area contributed by atoms with E-state index in [9.17, 15) is 13.2 Å². The molecule has 2 aromatic heterocycles. The summed E-state index contributed by atoms with van der Waals surface area (Å²) in [5.41, 5.74) is 1.98. The van der Waals surface area contributed by atoms with Gasteiger partial charge in [0, 0.05) is 56.5 Å². The maximum atomic E-state index is 13.2. The average molecular weight is 499 g/mol. The number of amides is 1. The number of aromatic nitrogens is 3. The van der Waals surface area contributed by atoms with Crippen molar-refractivity contribution in [2.45, 2.75) is 17.9 Å². The minimum Gasteiger partial charge on any atom is -0.368 e. The van der Waals surface area contributed by atoms with E-state index in [1.165, 1.54) is 6.33 Å². The Hall–Kier alpha value is -3.44. The first kappa shape index (κ1) is 22.4. The van der Waals surface area contributed by atoms with E-state index in [2.05, 4.69) is 19.0 Å². The standard InChI is InChI=1S/C23H24N6O3S2.H2/c1-17(29-11-10-18-4-2-3-5-21(18)29)22(30)28-14-12-27(13-15-28)19-6-8-20(9-7-19)34(31,32)26-23-24-16-25-33-23;/h2-11,16-17H,12-15H2,1H3,(H,24,25,26);1H/t17-;/m1./s1. The van der Waals surface area contributed by atoms with Crippen LogP contribution in [-0.4, -0.2) is 59.3 Å². The lowest BCUT2D eigenvalue weighted by molar-refractivity contribution is -0.134. The zero-order valence-corrected chi connectivity index (χ0v) is 20.2. The smallest absolute Gasteiger partial charge is 0.263 e. The van der Waals surface area contributed by atoms with Crippen LogP contribution in [-0.2, 0) is 14.8 Å². The molecule has 4 aromatic rings. The van der Waals surface area contributed by atoms with Crippen molar-refractivity contribution in [3.05, 3.63) is 67.1 Å². The summed E-state index contributed by atoms with van der Waals surface area (Å²) in [5.74, 6) is 0.102. The van der Waals surface area contributed by atoms with Gasteiger partial charge in [0.1, 0.15) is 12.4 Å². The summed E-state index contributed by atoms with van der Waals surface area (Å²) in [6, 6.07) is 16.6. The summed E-state index contributed by atoms with van der Waals surface area (Å²) in [5, 5.41) is 1.35. The molecule has 1 atom stereocenters. The molecule has 0 radical (unpaired) electrons. The molecule has 1 fully saturated rings. The van der Waals surface area contributed by atoms with Crippen LogP contribution >= 0.6 is 11.5 Å². The highest BCUT2D eigenvalue weighted by molar-refractivity contribution is 7.93. The van der Waals surface area contributed by atoms with E-state index in [-0.39, 0.29) is 23.4 Å². The number of para-hydroxylation sites is 1. The average Bonchev–Trinajstić information content (AvgIpc) is 3.53. The first-order valence-corrected chi connectivity index (χ1v) is 13.2. The summed E-state index contributed by atoms with van der Waals surface area (Å²) in [4.78, 5) is 21.3. The molecule has 0 aliphatic carbocycles. The zero-order valence-electron chi connectivity index (χ0n) is 18.5. The molecule has 0 unspecified atom stereocenters. The molecule has 11 heteroatoms. The van der Waals surface area contributed by atoms with E-state index in [0.29, 0.717) is 26.2 Å². The molecular formula is C23H26N6O3S2. The van der Waals surface area contributed by atoms with Gasteiger partial charge in [0.05, 0.1) is 4.90 Å². The number of nitrogens with zero attached hydrogens (tertiary/aromatic N) is 5. The highest BCUT2D eigenvalue weighted by Crippen LogP contribution is 2.24. The van der Waals surface area contributed by atoms with Gasteiger partial charge < -0.3 is 14.4 Å². The van der Waals surface area contributed by atoms with E-state index in [1.807, 2.05) is 52.9 Å². The minimum absolute atomic E-state index is 0. The number of benzene rings is 2. The Morgan fingerprint density at radius 1 is 1.06 bits per heavy atom. The van der Waals surface area contributed by atoms with Gasteiger partial charge in [0.2, 0.25) is 11.0 Å². The lowest BCUT2D eigenvalue weighted by atomic mass is 10.2. The van der Waals surface area contributed by atoms with Crippen LogP contribution in [0.4, 0.5) is 10.8 Å². The number of hydrogen-bond acceptors (Lipinski definition) is 7. The van der Waals surface area contributed by atoms with Crippen molar-refractivity contribution in [1.82, 2.24) is 18.8 Å². The fraction of sp³-hybridized carbons (Fsp3) is 0.261. The maximum Gasteiger partial charge on any atom is 0.263 e. The summed E-state index contributed by atoms with van der Waals surface area (Å²) < 4.78 is 33.3. The molecule has 0 spiro atoms. The second-order valence-corrected chi connectivity index (χ2v) is 10.6. The van der Waals surface area contributed by atoms with Crippen molar-refractivity contribution in [3.63, 3.8) is 0 Å². The van der Waals surface area contributed by atoms with Gasteiger partial charge in [0.25, 0.3) is 10.0 Å². The van der Waals surface area contributed by atoms with Crippen LogP contribution in [0.2, 0.25) is 0 Å². The number of fused-ring (bicyclic) bond motifs is 1. The molecular weight excluding hydrogens is 472 g/mol. The highest BCUT2D eigenvalue weighted by atomic mass is 32.2. The number of nitrogens with one attached hydrogen (secondary N) is 1. The first-order valence-electron chi connectivity index (χ1n) is 10.9. The highest BCUT2D eigenvalue weighted by Gasteiger charge is 2.26. The number of carbonyl (C=O) groups excluding carboxylic acids is 1. The van der Waals surface area contributed by atoms with E-state index in [4.69, 9.17) is 0 Å². The lowest BCUT2D eigenvalue weighted by Crippen LogP contribution is -2.50. The number of rotatable bonds is 6. The Morgan fingerprint density at radius 3 is 2.50 bits per heavy atom. The van der Waals surface area contributed by atoms with Crippen molar-refractivity contribution in [2.24, 2.45) is 0 Å². The van der Waals surface area contributed by atoms with Gasteiger partial charge in [-0.25, -0.2) is 13.4 Å². The molecule has 0 bridgehead atoms. The maximum absolute atomic E-state index is 13.2.